The van der Waals surface area contributed by atoms with Crippen molar-refractivity contribution in [2.75, 3.05) is 36.8 Å². The van der Waals surface area contributed by atoms with Crippen LogP contribution in [0, 0.1) is 11.3 Å². The van der Waals surface area contributed by atoms with E-state index in [1.165, 1.54) is 18.2 Å². The molecule has 3 aromatic rings. The van der Waals surface area contributed by atoms with Crippen molar-refractivity contribution in [3.05, 3.63) is 90.0 Å². The highest BCUT2D eigenvalue weighted by Crippen LogP contribution is 2.23. The second-order valence-electron chi connectivity index (χ2n) is 11.4. The van der Waals surface area contributed by atoms with Crippen LogP contribution in [-0.4, -0.2) is 69.2 Å². The molecule has 1 atom stereocenters. The number of para-hydroxylation sites is 1. The maximum atomic E-state index is 13.9. The molecule has 0 saturated carbocycles. The molecule has 4 rings (SSSR count). The van der Waals surface area contributed by atoms with Gasteiger partial charge in [-0.3, -0.25) is 15.0 Å². The average molecular weight is 663 g/mol. The van der Waals surface area contributed by atoms with Gasteiger partial charge in [0.25, 0.3) is 0 Å². The molecular weight excluding hydrogens is 620 g/mol. The summed E-state index contributed by atoms with van der Waals surface area (Å²) in [5.41, 5.74) is 13.2. The second kappa shape index (κ2) is 16.7. The van der Waals surface area contributed by atoms with Gasteiger partial charge < -0.3 is 32.3 Å². The van der Waals surface area contributed by atoms with Crippen LogP contribution in [0.1, 0.15) is 36.8 Å². The quantitative estimate of drug-likeness (QED) is 0.101. The maximum Gasteiger partial charge on any atom is 0.319 e. The molecule has 250 valence electrons. The Morgan fingerprint density at radius 2 is 1.62 bits per heavy atom. The number of amides is 4. The van der Waals surface area contributed by atoms with E-state index in [-0.39, 0.29) is 59.6 Å². The van der Waals surface area contributed by atoms with Crippen molar-refractivity contribution in [3.8, 4) is 0 Å². The summed E-state index contributed by atoms with van der Waals surface area (Å²) in [6.07, 6.45) is 2.28. The van der Waals surface area contributed by atoms with Crippen LogP contribution in [0.25, 0.3) is 0 Å². The highest BCUT2D eigenvalue weighted by Gasteiger charge is 2.32. The number of nitrogen functional groups attached to an aromatic ring is 1. The van der Waals surface area contributed by atoms with Crippen molar-refractivity contribution in [1.29, 1.82) is 5.41 Å². The van der Waals surface area contributed by atoms with E-state index in [9.17, 15) is 22.8 Å². The highest BCUT2D eigenvalue weighted by atomic mass is 32.2. The lowest BCUT2D eigenvalue weighted by molar-refractivity contribution is -0.134. The number of amidine groups is 1. The number of sulfonamides is 1. The first-order chi connectivity index (χ1) is 22.5. The van der Waals surface area contributed by atoms with Crippen LogP contribution in [0.15, 0.2) is 83.8 Å². The Labute approximate surface area is 275 Å². The molecule has 0 radical (unpaired) electrons. The molecule has 0 aliphatic carbocycles. The highest BCUT2D eigenvalue weighted by molar-refractivity contribution is 7.89. The summed E-state index contributed by atoms with van der Waals surface area (Å²) in [6.45, 7) is 1.51. The van der Waals surface area contributed by atoms with E-state index in [0.29, 0.717) is 49.3 Å². The predicted molar refractivity (Wildman–Crippen MR) is 181 cm³/mol. The molecule has 1 aliphatic rings. The summed E-state index contributed by atoms with van der Waals surface area (Å²) in [5.74, 6) is -0.565. The molecule has 0 unspecified atom stereocenters. The number of nitrogens with one attached hydrogen (secondary N) is 5. The van der Waals surface area contributed by atoms with Gasteiger partial charge in [-0.15, -0.1) is 0 Å². The van der Waals surface area contributed by atoms with Crippen LogP contribution in [-0.2, 0) is 26.0 Å². The molecule has 0 spiro atoms. The van der Waals surface area contributed by atoms with Crippen molar-refractivity contribution >= 4 is 45.1 Å². The first-order valence-electron chi connectivity index (χ1n) is 15.5. The minimum atomic E-state index is -4.20. The summed E-state index contributed by atoms with van der Waals surface area (Å²) in [6, 6.07) is 20.3. The van der Waals surface area contributed by atoms with Gasteiger partial charge in [-0.2, -0.15) is 4.72 Å². The number of nitrogens with two attached hydrogens (primary N) is 2. The fraction of sp³-hybridized carbons (Fsp3) is 0.333. The molecule has 47 heavy (non-hydrogen) atoms. The largest absolute Gasteiger partial charge is 0.384 e. The molecule has 1 saturated heterocycles. The first-order valence-corrected chi connectivity index (χ1v) is 17.0. The Morgan fingerprint density at radius 1 is 0.915 bits per heavy atom. The van der Waals surface area contributed by atoms with Gasteiger partial charge >= 0.3 is 6.03 Å². The van der Waals surface area contributed by atoms with Gasteiger partial charge in [0.15, 0.2) is 0 Å². The molecule has 0 bridgehead atoms. The summed E-state index contributed by atoms with van der Waals surface area (Å²) in [5, 5.41) is 16.1. The Kier molecular flexibility index (Phi) is 12.4. The number of carbonyl (C=O) groups is 3. The zero-order valence-corrected chi connectivity index (χ0v) is 26.9. The Hall–Kier alpha value is -4.79. The van der Waals surface area contributed by atoms with E-state index in [1.807, 2.05) is 18.2 Å². The number of anilines is 2. The number of piperidine rings is 1. The lowest BCUT2D eigenvalue weighted by atomic mass is 9.93. The summed E-state index contributed by atoms with van der Waals surface area (Å²) < 4.78 is 29.8. The number of hydrogen-bond acceptors (Lipinski definition) is 7. The third-order valence-electron chi connectivity index (χ3n) is 7.87. The number of likely N-dealkylation sites (tertiary alicyclic amines) is 1. The lowest BCUT2D eigenvalue weighted by Crippen LogP contribution is -2.51. The molecule has 3 aromatic carbocycles. The zero-order chi connectivity index (χ0) is 33.8. The Balaban J connectivity index is 1.41. The van der Waals surface area contributed by atoms with E-state index in [0.717, 1.165) is 6.42 Å². The molecule has 0 aromatic heterocycles. The van der Waals surface area contributed by atoms with Crippen LogP contribution in [0.3, 0.4) is 0 Å². The van der Waals surface area contributed by atoms with Crippen molar-refractivity contribution in [2.24, 2.45) is 17.4 Å². The monoisotopic (exact) mass is 662 g/mol. The van der Waals surface area contributed by atoms with E-state index >= 15 is 0 Å². The van der Waals surface area contributed by atoms with Crippen molar-refractivity contribution in [1.82, 2.24) is 14.9 Å². The van der Waals surface area contributed by atoms with Gasteiger partial charge in [-0.25, -0.2) is 13.2 Å². The van der Waals surface area contributed by atoms with Gasteiger partial charge in [0.1, 0.15) is 11.9 Å². The first kappa shape index (κ1) is 35.1. The van der Waals surface area contributed by atoms with Crippen LogP contribution in [0.2, 0.25) is 0 Å². The number of nitrogens with zero attached hydrogens (tertiary/aromatic N) is 1. The third-order valence-corrected chi connectivity index (χ3v) is 9.34. The summed E-state index contributed by atoms with van der Waals surface area (Å²) >= 11 is 0. The number of urea groups is 1. The minimum Gasteiger partial charge on any atom is -0.384 e. The van der Waals surface area contributed by atoms with Crippen molar-refractivity contribution in [2.45, 2.75) is 43.0 Å². The fourth-order valence-electron chi connectivity index (χ4n) is 5.38. The third kappa shape index (κ3) is 10.6. The number of carbonyl (C=O) groups excluding carboxylic acids is 3. The predicted octanol–water partition coefficient (Wildman–Crippen LogP) is 2.60. The molecule has 9 N–H and O–H groups in total. The SMILES string of the molecule is N=C(N)c1cccc(C[C@H](NS(=O)(=O)c2cccc(NC(=O)CCN)c2)C(=O)N2CCC(CCNC(=O)Nc3ccccc3)CC2)c1. The molecule has 4 amide bonds. The van der Waals surface area contributed by atoms with Crippen LogP contribution in [0.4, 0.5) is 16.2 Å². The lowest BCUT2D eigenvalue weighted by Gasteiger charge is -2.34. The number of hydrogen-bond donors (Lipinski definition) is 7. The standard InChI is InChI=1S/C33H42N8O5S/c34-16-12-30(42)38-27-10-5-11-28(22-27)47(45,46)40-29(21-24-6-4-7-25(20-24)31(35)36)32(43)41-18-14-23(15-19-41)13-17-37-33(44)39-26-8-2-1-3-9-26/h1-11,20,22-23,29,40H,12-19,21,34H2,(H3,35,36)(H,38,42)(H2,37,39,44)/t29-/m0/s1. The van der Waals surface area contributed by atoms with Gasteiger partial charge in [0.2, 0.25) is 21.8 Å². The van der Waals surface area contributed by atoms with Gasteiger partial charge in [-0.1, -0.05) is 42.5 Å². The fourth-order valence-corrected chi connectivity index (χ4v) is 6.62. The van der Waals surface area contributed by atoms with Crippen LogP contribution >= 0.6 is 0 Å². The molecule has 14 heteroatoms. The van der Waals surface area contributed by atoms with Crippen LogP contribution in [0.5, 0.6) is 0 Å². The molecule has 1 fully saturated rings. The molecule has 1 aliphatic heterocycles. The smallest absolute Gasteiger partial charge is 0.319 e. The normalized spacial score (nSPS) is 14.2. The number of benzene rings is 3. The summed E-state index contributed by atoms with van der Waals surface area (Å²) in [7, 11) is -4.20. The van der Waals surface area contributed by atoms with E-state index in [2.05, 4.69) is 20.7 Å². The average Bonchev–Trinajstić information content (AvgIpc) is 3.05. The minimum absolute atomic E-state index is 0.0342. The molecular formula is C33H42N8O5S. The van der Waals surface area contributed by atoms with Crippen molar-refractivity contribution < 1.29 is 22.8 Å². The van der Waals surface area contributed by atoms with E-state index < -0.39 is 16.1 Å². The van der Waals surface area contributed by atoms with E-state index in [4.69, 9.17) is 16.9 Å². The van der Waals surface area contributed by atoms with Gasteiger partial charge in [-0.05, 0) is 73.6 Å². The Bertz CT molecular complexity index is 1660. The van der Waals surface area contributed by atoms with Crippen LogP contribution < -0.4 is 32.1 Å². The maximum absolute atomic E-state index is 13.9. The van der Waals surface area contributed by atoms with Crippen molar-refractivity contribution in [3.63, 3.8) is 0 Å². The van der Waals surface area contributed by atoms with Gasteiger partial charge in [0, 0.05) is 49.5 Å². The molecule has 13 nitrogen and oxygen atoms in total. The van der Waals surface area contributed by atoms with Gasteiger partial charge in [0.05, 0.1) is 4.90 Å². The molecule has 1 heterocycles. The Morgan fingerprint density at radius 3 is 2.32 bits per heavy atom. The number of rotatable bonds is 14. The summed E-state index contributed by atoms with van der Waals surface area (Å²) in [4.78, 5) is 39.7. The van der Waals surface area contributed by atoms with E-state index in [1.54, 1.807) is 47.4 Å². The second-order valence-corrected chi connectivity index (χ2v) is 13.1. The zero-order valence-electron chi connectivity index (χ0n) is 26.1. The topological polar surface area (TPSA) is 213 Å².